The Balaban J connectivity index is 1.59. The van der Waals surface area contributed by atoms with Gasteiger partial charge in [-0.2, -0.15) is 0 Å². The normalized spacial score (nSPS) is 13.9. The predicted octanol–water partition coefficient (Wildman–Crippen LogP) is 4.16. The van der Waals surface area contributed by atoms with E-state index < -0.39 is 0 Å². The number of anilines is 2. The van der Waals surface area contributed by atoms with E-state index in [4.69, 9.17) is 4.74 Å². The molecule has 6 nitrogen and oxygen atoms in total. The highest BCUT2D eigenvalue weighted by Gasteiger charge is 2.20. The molecule has 0 atom stereocenters. The summed E-state index contributed by atoms with van der Waals surface area (Å²) in [4.78, 5) is 28.5. The van der Waals surface area contributed by atoms with Crippen LogP contribution in [0.15, 0.2) is 46.9 Å². The molecule has 0 unspecified atom stereocenters. The van der Waals surface area contributed by atoms with Crippen molar-refractivity contribution < 1.29 is 14.3 Å². The SMILES string of the molecule is CCOc1ccc(C(=O)Nc2ccc(N3CCN(C(=O)CC)CC3)cc2)cc1Br. The van der Waals surface area contributed by atoms with Crippen LogP contribution < -0.4 is 15.0 Å². The van der Waals surface area contributed by atoms with Crippen LogP contribution in [0.4, 0.5) is 11.4 Å². The molecule has 0 aromatic heterocycles. The minimum Gasteiger partial charge on any atom is -0.493 e. The average molecular weight is 460 g/mol. The number of halogens is 1. The van der Waals surface area contributed by atoms with Crippen molar-refractivity contribution in [2.75, 3.05) is 43.0 Å². The third-order valence-electron chi connectivity index (χ3n) is 4.92. The van der Waals surface area contributed by atoms with Gasteiger partial charge in [0.2, 0.25) is 5.91 Å². The minimum atomic E-state index is -0.173. The first-order valence-electron chi connectivity index (χ1n) is 9.88. The van der Waals surface area contributed by atoms with Crippen molar-refractivity contribution in [3.05, 3.63) is 52.5 Å². The molecular weight excluding hydrogens is 434 g/mol. The van der Waals surface area contributed by atoms with Gasteiger partial charge in [-0.15, -0.1) is 0 Å². The van der Waals surface area contributed by atoms with Gasteiger partial charge in [0.15, 0.2) is 0 Å². The van der Waals surface area contributed by atoms with Crippen molar-refractivity contribution in [2.45, 2.75) is 20.3 Å². The lowest BCUT2D eigenvalue weighted by Crippen LogP contribution is -2.48. The number of hydrogen-bond acceptors (Lipinski definition) is 4. The molecule has 0 saturated carbocycles. The molecule has 0 spiro atoms. The van der Waals surface area contributed by atoms with Gasteiger partial charge in [0, 0.05) is 49.5 Å². The number of carbonyl (C=O) groups excluding carboxylic acids is 2. The molecule has 1 fully saturated rings. The van der Waals surface area contributed by atoms with Gasteiger partial charge < -0.3 is 19.9 Å². The summed E-state index contributed by atoms with van der Waals surface area (Å²) in [5.74, 6) is 0.756. The van der Waals surface area contributed by atoms with Gasteiger partial charge in [-0.3, -0.25) is 9.59 Å². The molecule has 0 aliphatic carbocycles. The van der Waals surface area contributed by atoms with Gasteiger partial charge in [-0.1, -0.05) is 6.92 Å². The summed E-state index contributed by atoms with van der Waals surface area (Å²) < 4.78 is 6.23. The molecule has 7 heteroatoms. The van der Waals surface area contributed by atoms with Crippen molar-refractivity contribution in [1.29, 1.82) is 0 Å². The highest BCUT2D eigenvalue weighted by atomic mass is 79.9. The quantitative estimate of drug-likeness (QED) is 0.704. The van der Waals surface area contributed by atoms with E-state index in [1.807, 2.05) is 43.0 Å². The number of rotatable bonds is 6. The Hall–Kier alpha value is -2.54. The monoisotopic (exact) mass is 459 g/mol. The predicted molar refractivity (Wildman–Crippen MR) is 119 cm³/mol. The lowest BCUT2D eigenvalue weighted by molar-refractivity contribution is -0.131. The fourth-order valence-corrected chi connectivity index (χ4v) is 3.80. The molecular formula is C22H26BrN3O3. The number of nitrogens with zero attached hydrogens (tertiary/aromatic N) is 2. The molecule has 2 amide bonds. The van der Waals surface area contributed by atoms with Crippen LogP contribution in [0.5, 0.6) is 5.75 Å². The van der Waals surface area contributed by atoms with E-state index in [-0.39, 0.29) is 11.8 Å². The zero-order chi connectivity index (χ0) is 20.8. The van der Waals surface area contributed by atoms with E-state index >= 15 is 0 Å². The summed E-state index contributed by atoms with van der Waals surface area (Å²) in [5, 5.41) is 2.92. The number of carbonyl (C=O) groups is 2. The fraction of sp³-hybridized carbons (Fsp3) is 0.364. The van der Waals surface area contributed by atoms with E-state index in [9.17, 15) is 9.59 Å². The van der Waals surface area contributed by atoms with Gasteiger partial charge in [-0.05, 0) is 65.3 Å². The number of piperazine rings is 1. The molecule has 29 heavy (non-hydrogen) atoms. The standard InChI is InChI=1S/C22H26BrN3O3/c1-3-21(27)26-13-11-25(12-14-26)18-8-6-17(7-9-18)24-22(28)16-5-10-20(29-4-2)19(23)15-16/h5-10,15H,3-4,11-14H2,1-2H3,(H,24,28). The average Bonchev–Trinajstić information content (AvgIpc) is 2.75. The molecule has 1 heterocycles. The lowest BCUT2D eigenvalue weighted by atomic mass is 10.2. The molecule has 0 radical (unpaired) electrons. The molecule has 2 aromatic rings. The lowest BCUT2D eigenvalue weighted by Gasteiger charge is -2.36. The van der Waals surface area contributed by atoms with Crippen molar-refractivity contribution in [2.24, 2.45) is 0 Å². The van der Waals surface area contributed by atoms with E-state index in [0.717, 1.165) is 42.0 Å². The van der Waals surface area contributed by atoms with E-state index in [1.165, 1.54) is 0 Å². The number of hydrogen-bond donors (Lipinski definition) is 1. The Labute approximate surface area is 180 Å². The Bertz CT molecular complexity index is 862. The maximum absolute atomic E-state index is 12.5. The largest absolute Gasteiger partial charge is 0.493 e. The highest BCUT2D eigenvalue weighted by molar-refractivity contribution is 9.10. The second kappa shape index (κ2) is 9.78. The first kappa shape index (κ1) is 21.2. The Morgan fingerprint density at radius 2 is 1.72 bits per heavy atom. The number of nitrogens with one attached hydrogen (secondary N) is 1. The Morgan fingerprint density at radius 1 is 1.03 bits per heavy atom. The summed E-state index contributed by atoms with van der Waals surface area (Å²) in [6.45, 7) is 7.51. The van der Waals surface area contributed by atoms with Crippen LogP contribution in [-0.2, 0) is 4.79 Å². The Kier molecular flexibility index (Phi) is 7.14. The van der Waals surface area contributed by atoms with Crippen LogP contribution in [0, 0.1) is 0 Å². The van der Waals surface area contributed by atoms with Crippen LogP contribution >= 0.6 is 15.9 Å². The van der Waals surface area contributed by atoms with E-state index in [1.54, 1.807) is 18.2 Å². The molecule has 1 N–H and O–H groups in total. The molecule has 1 aliphatic rings. The molecule has 1 saturated heterocycles. The zero-order valence-corrected chi connectivity index (χ0v) is 18.4. The number of amides is 2. The third-order valence-corrected chi connectivity index (χ3v) is 5.54. The molecule has 0 bridgehead atoms. The summed E-state index contributed by atoms with van der Waals surface area (Å²) in [7, 11) is 0. The topological polar surface area (TPSA) is 61.9 Å². The van der Waals surface area contributed by atoms with E-state index in [0.29, 0.717) is 24.3 Å². The summed E-state index contributed by atoms with van der Waals surface area (Å²) >= 11 is 3.44. The summed E-state index contributed by atoms with van der Waals surface area (Å²) in [6.07, 6.45) is 0.555. The minimum absolute atomic E-state index is 0.173. The fourth-order valence-electron chi connectivity index (χ4n) is 3.31. The Morgan fingerprint density at radius 3 is 2.31 bits per heavy atom. The van der Waals surface area contributed by atoms with E-state index in [2.05, 4.69) is 26.1 Å². The maximum Gasteiger partial charge on any atom is 0.255 e. The second-order valence-corrected chi connectivity index (χ2v) is 7.65. The number of benzene rings is 2. The van der Waals surface area contributed by atoms with Crippen molar-refractivity contribution in [3.63, 3.8) is 0 Å². The van der Waals surface area contributed by atoms with Gasteiger partial charge in [0.05, 0.1) is 11.1 Å². The molecule has 3 rings (SSSR count). The van der Waals surface area contributed by atoms with Crippen molar-refractivity contribution >= 4 is 39.1 Å². The van der Waals surface area contributed by atoms with Gasteiger partial charge in [-0.25, -0.2) is 0 Å². The first-order valence-corrected chi connectivity index (χ1v) is 10.7. The molecule has 1 aliphatic heterocycles. The summed E-state index contributed by atoms with van der Waals surface area (Å²) in [5.41, 5.74) is 2.39. The smallest absolute Gasteiger partial charge is 0.255 e. The van der Waals surface area contributed by atoms with Crippen molar-refractivity contribution in [3.8, 4) is 5.75 Å². The molecule has 2 aromatic carbocycles. The van der Waals surface area contributed by atoms with Gasteiger partial charge in [0.25, 0.3) is 5.91 Å². The van der Waals surface area contributed by atoms with Crippen LogP contribution in [0.25, 0.3) is 0 Å². The summed E-state index contributed by atoms with van der Waals surface area (Å²) in [6, 6.07) is 13.1. The highest BCUT2D eigenvalue weighted by Crippen LogP contribution is 2.27. The maximum atomic E-state index is 12.5. The zero-order valence-electron chi connectivity index (χ0n) is 16.8. The number of ether oxygens (including phenoxy) is 1. The van der Waals surface area contributed by atoms with Crippen LogP contribution in [0.1, 0.15) is 30.6 Å². The first-order chi connectivity index (χ1) is 14.0. The van der Waals surface area contributed by atoms with Crippen LogP contribution in [0.3, 0.4) is 0 Å². The third kappa shape index (κ3) is 5.29. The van der Waals surface area contributed by atoms with Gasteiger partial charge >= 0.3 is 0 Å². The molecule has 154 valence electrons. The van der Waals surface area contributed by atoms with Crippen LogP contribution in [0.2, 0.25) is 0 Å². The van der Waals surface area contributed by atoms with Crippen molar-refractivity contribution in [1.82, 2.24) is 4.90 Å². The van der Waals surface area contributed by atoms with Gasteiger partial charge in [0.1, 0.15) is 5.75 Å². The second-order valence-electron chi connectivity index (χ2n) is 6.80. The van der Waals surface area contributed by atoms with Crippen LogP contribution in [-0.4, -0.2) is 49.5 Å².